The quantitative estimate of drug-likeness (QED) is 0.653. The van der Waals surface area contributed by atoms with E-state index in [0.29, 0.717) is 11.6 Å². The van der Waals surface area contributed by atoms with Gasteiger partial charge in [-0.3, -0.25) is 15.0 Å². The number of piperazine rings is 1. The number of ether oxygens (including phenoxy) is 1. The molecule has 1 aromatic carbocycles. The number of β-amino-alcohol motifs (C(OH)–C–C–N with tert-alkyl or cyclic N) is 1. The minimum Gasteiger partial charge on any atom is -0.490 e. The second-order valence-electron chi connectivity index (χ2n) is 4.78. The van der Waals surface area contributed by atoms with Crippen LogP contribution in [0.5, 0.6) is 5.75 Å². The maximum Gasteiger partial charge on any atom is 0.312 e. The Morgan fingerprint density at radius 3 is 2.57 bits per heavy atom. The highest BCUT2D eigenvalue weighted by Crippen LogP contribution is 2.38. The van der Waals surface area contributed by atoms with Crippen molar-refractivity contribution < 1.29 is 14.8 Å². The summed E-state index contributed by atoms with van der Waals surface area (Å²) in [5.74, 6) is 0.206. The highest BCUT2D eigenvalue weighted by molar-refractivity contribution is 6.33. The molecule has 1 N–H and O–H groups in total. The molecule has 0 saturated carbocycles. The fourth-order valence-electron chi connectivity index (χ4n) is 2.43. The van der Waals surface area contributed by atoms with Crippen LogP contribution in [0, 0.1) is 10.1 Å². The monoisotopic (exact) mass is 315 g/mol. The number of aliphatic hydroxyl groups excluding tert-OH is 1. The molecule has 0 aliphatic carbocycles. The van der Waals surface area contributed by atoms with Crippen LogP contribution in [0.25, 0.3) is 0 Å². The second kappa shape index (κ2) is 6.93. The Kier molecular flexibility index (Phi) is 5.22. The van der Waals surface area contributed by atoms with Crippen molar-refractivity contribution in [2.24, 2.45) is 0 Å². The molecule has 0 aromatic heterocycles. The first-order chi connectivity index (χ1) is 10.1. The van der Waals surface area contributed by atoms with Crippen LogP contribution in [-0.2, 0) is 0 Å². The fraction of sp³-hybridized carbons (Fsp3) is 0.538. The number of benzene rings is 1. The molecular formula is C13H18ClN3O4. The molecule has 0 amide bonds. The van der Waals surface area contributed by atoms with Crippen molar-refractivity contribution in [1.82, 2.24) is 4.90 Å². The molecule has 0 spiro atoms. The van der Waals surface area contributed by atoms with Gasteiger partial charge in [0, 0.05) is 44.9 Å². The van der Waals surface area contributed by atoms with Gasteiger partial charge in [-0.15, -0.1) is 0 Å². The van der Waals surface area contributed by atoms with Crippen LogP contribution in [0.2, 0.25) is 5.02 Å². The number of nitrogens with zero attached hydrogens (tertiary/aromatic N) is 3. The Morgan fingerprint density at radius 2 is 2.05 bits per heavy atom. The van der Waals surface area contributed by atoms with Crippen molar-refractivity contribution >= 4 is 23.0 Å². The van der Waals surface area contributed by atoms with E-state index in [4.69, 9.17) is 21.4 Å². The molecule has 0 bridgehead atoms. The second-order valence-corrected chi connectivity index (χ2v) is 5.19. The molecule has 1 aliphatic rings. The lowest BCUT2D eigenvalue weighted by molar-refractivity contribution is -0.385. The molecular weight excluding hydrogens is 298 g/mol. The lowest BCUT2D eigenvalue weighted by Crippen LogP contribution is -2.47. The van der Waals surface area contributed by atoms with E-state index >= 15 is 0 Å². The summed E-state index contributed by atoms with van der Waals surface area (Å²) in [6.07, 6.45) is 0. The van der Waals surface area contributed by atoms with Crippen LogP contribution >= 0.6 is 11.6 Å². The van der Waals surface area contributed by atoms with E-state index in [2.05, 4.69) is 9.80 Å². The molecule has 0 radical (unpaired) electrons. The molecule has 7 nitrogen and oxygen atoms in total. The van der Waals surface area contributed by atoms with Crippen LogP contribution in [-0.4, -0.2) is 61.4 Å². The zero-order chi connectivity index (χ0) is 15.4. The number of methoxy groups -OCH3 is 1. The maximum absolute atomic E-state index is 11.0. The molecule has 21 heavy (non-hydrogen) atoms. The summed E-state index contributed by atoms with van der Waals surface area (Å²) >= 11 is 6.18. The van der Waals surface area contributed by atoms with Gasteiger partial charge in [0.25, 0.3) is 0 Å². The van der Waals surface area contributed by atoms with Gasteiger partial charge in [-0.25, -0.2) is 0 Å². The summed E-state index contributed by atoms with van der Waals surface area (Å²) in [6, 6.07) is 2.94. The van der Waals surface area contributed by atoms with Crippen molar-refractivity contribution in [3.8, 4) is 5.75 Å². The zero-order valence-electron chi connectivity index (χ0n) is 11.8. The third-order valence-electron chi connectivity index (χ3n) is 3.57. The molecule has 8 heteroatoms. The molecule has 0 unspecified atom stereocenters. The molecule has 1 heterocycles. The van der Waals surface area contributed by atoms with Gasteiger partial charge in [0.15, 0.2) is 5.75 Å². The molecule has 1 aliphatic heterocycles. The molecule has 1 saturated heterocycles. The average Bonchev–Trinajstić information content (AvgIpc) is 2.48. The van der Waals surface area contributed by atoms with Gasteiger partial charge in [0.1, 0.15) is 0 Å². The van der Waals surface area contributed by atoms with Gasteiger partial charge in [-0.1, -0.05) is 11.6 Å². The summed E-state index contributed by atoms with van der Waals surface area (Å²) in [7, 11) is 1.40. The fourth-order valence-corrected chi connectivity index (χ4v) is 2.71. The summed E-state index contributed by atoms with van der Waals surface area (Å²) < 4.78 is 5.08. The van der Waals surface area contributed by atoms with Crippen LogP contribution < -0.4 is 9.64 Å². The largest absolute Gasteiger partial charge is 0.490 e. The topological polar surface area (TPSA) is 79.1 Å². The first-order valence-electron chi connectivity index (χ1n) is 6.67. The summed E-state index contributed by atoms with van der Waals surface area (Å²) in [4.78, 5) is 14.7. The summed E-state index contributed by atoms with van der Waals surface area (Å²) in [6.45, 7) is 3.94. The van der Waals surface area contributed by atoms with Gasteiger partial charge < -0.3 is 14.7 Å². The predicted octanol–water partition coefficient (Wildman–Crippen LogP) is 1.37. The molecule has 116 valence electrons. The highest BCUT2D eigenvalue weighted by atomic mass is 35.5. The summed E-state index contributed by atoms with van der Waals surface area (Å²) in [5.41, 5.74) is 0.605. The van der Waals surface area contributed by atoms with E-state index in [1.54, 1.807) is 6.07 Å². The standard InChI is InChI=1S/C13H18ClN3O4/c1-21-13-9-11(10(14)8-12(13)17(19)20)16-4-2-15(3-5-16)6-7-18/h8-9,18H,2-7H2,1H3. The molecule has 1 fully saturated rings. The average molecular weight is 316 g/mol. The first kappa shape index (κ1) is 15.8. The van der Waals surface area contributed by atoms with Gasteiger partial charge >= 0.3 is 5.69 Å². The number of halogens is 1. The van der Waals surface area contributed by atoms with Crippen molar-refractivity contribution in [2.75, 3.05) is 51.3 Å². The SMILES string of the molecule is COc1cc(N2CCN(CCO)CC2)c(Cl)cc1[N+](=O)[O-]. The third kappa shape index (κ3) is 3.55. The Morgan fingerprint density at radius 1 is 1.38 bits per heavy atom. The first-order valence-corrected chi connectivity index (χ1v) is 7.04. The number of nitro groups is 1. The number of anilines is 1. The lowest BCUT2D eigenvalue weighted by Gasteiger charge is -2.36. The minimum atomic E-state index is -0.506. The van der Waals surface area contributed by atoms with Gasteiger partial charge in [-0.2, -0.15) is 0 Å². The maximum atomic E-state index is 11.0. The van der Waals surface area contributed by atoms with Gasteiger partial charge in [0.2, 0.25) is 0 Å². The Hall–Kier alpha value is -1.57. The minimum absolute atomic E-state index is 0.134. The smallest absolute Gasteiger partial charge is 0.312 e. The van der Waals surface area contributed by atoms with Crippen molar-refractivity contribution in [3.63, 3.8) is 0 Å². The van der Waals surface area contributed by atoms with Crippen molar-refractivity contribution in [1.29, 1.82) is 0 Å². The Labute approximate surface area is 127 Å². The Balaban J connectivity index is 2.19. The summed E-state index contributed by atoms with van der Waals surface area (Å²) in [5, 5.41) is 20.2. The zero-order valence-corrected chi connectivity index (χ0v) is 12.5. The predicted molar refractivity (Wildman–Crippen MR) is 80.4 cm³/mol. The van der Waals surface area contributed by atoms with E-state index in [1.165, 1.54) is 13.2 Å². The normalized spacial score (nSPS) is 16.0. The van der Waals surface area contributed by atoms with Crippen LogP contribution in [0.3, 0.4) is 0 Å². The number of aliphatic hydroxyl groups is 1. The van der Waals surface area contributed by atoms with Crippen molar-refractivity contribution in [3.05, 3.63) is 27.3 Å². The third-order valence-corrected chi connectivity index (χ3v) is 3.88. The van der Waals surface area contributed by atoms with Gasteiger partial charge in [-0.05, 0) is 0 Å². The van der Waals surface area contributed by atoms with E-state index in [0.717, 1.165) is 31.9 Å². The van der Waals surface area contributed by atoms with Crippen LogP contribution in [0.15, 0.2) is 12.1 Å². The number of hydrogen-bond donors (Lipinski definition) is 1. The van der Waals surface area contributed by atoms with E-state index < -0.39 is 4.92 Å². The van der Waals surface area contributed by atoms with Gasteiger partial charge in [0.05, 0.1) is 29.4 Å². The molecule has 0 atom stereocenters. The van der Waals surface area contributed by atoms with E-state index in [-0.39, 0.29) is 18.0 Å². The number of rotatable bonds is 5. The molecule has 1 aromatic rings. The van der Waals surface area contributed by atoms with Crippen LogP contribution in [0.1, 0.15) is 0 Å². The number of hydrogen-bond acceptors (Lipinski definition) is 6. The lowest BCUT2D eigenvalue weighted by atomic mass is 10.2. The molecule has 2 rings (SSSR count). The van der Waals surface area contributed by atoms with Crippen molar-refractivity contribution in [2.45, 2.75) is 0 Å². The number of nitro benzene ring substituents is 1. The van der Waals surface area contributed by atoms with E-state index in [9.17, 15) is 10.1 Å². The van der Waals surface area contributed by atoms with E-state index in [1.807, 2.05) is 0 Å². The van der Waals surface area contributed by atoms with Crippen LogP contribution in [0.4, 0.5) is 11.4 Å². The highest BCUT2D eigenvalue weighted by Gasteiger charge is 2.23. The Bertz CT molecular complexity index is 518.